The van der Waals surface area contributed by atoms with E-state index in [1.54, 1.807) is 6.92 Å². The van der Waals surface area contributed by atoms with Gasteiger partial charge in [-0.3, -0.25) is 14.3 Å². The topological polar surface area (TPSA) is 74.1 Å². The summed E-state index contributed by atoms with van der Waals surface area (Å²) in [5.74, 6) is 0.565. The minimum absolute atomic E-state index is 0.0547. The molecule has 0 aromatic carbocycles. The van der Waals surface area contributed by atoms with Crippen molar-refractivity contribution >= 4 is 11.8 Å². The number of ether oxygens (including phenoxy) is 1. The van der Waals surface area contributed by atoms with Gasteiger partial charge in [0.15, 0.2) is 0 Å². The molecule has 0 atom stereocenters. The molecule has 1 aromatic heterocycles. The number of aryl methyl sites for hydroxylation is 2. The second-order valence-corrected chi connectivity index (χ2v) is 4.24. The van der Waals surface area contributed by atoms with E-state index in [0.29, 0.717) is 19.4 Å². The molecule has 0 radical (unpaired) electrons. The molecule has 0 amide bonds. The first-order valence-corrected chi connectivity index (χ1v) is 6.71. The van der Waals surface area contributed by atoms with Crippen molar-refractivity contribution in [2.45, 2.75) is 52.5 Å². The maximum atomic E-state index is 11.7. The molecule has 1 rings (SSSR count). The van der Waals surface area contributed by atoms with Crippen molar-refractivity contribution in [3.8, 4) is 0 Å². The molecular weight excluding hydrogens is 246 g/mol. The molecule has 1 aromatic rings. The second-order valence-electron chi connectivity index (χ2n) is 4.24. The Balaban J connectivity index is 2.29. The average molecular weight is 267 g/mol. The number of carbonyl (C=O) groups is 2. The van der Waals surface area contributed by atoms with Gasteiger partial charge >= 0.3 is 5.97 Å². The zero-order valence-electron chi connectivity index (χ0n) is 11.6. The molecule has 6 nitrogen and oxygen atoms in total. The van der Waals surface area contributed by atoms with Crippen molar-refractivity contribution in [2.75, 3.05) is 6.61 Å². The van der Waals surface area contributed by atoms with Gasteiger partial charge in [0, 0.05) is 25.8 Å². The summed E-state index contributed by atoms with van der Waals surface area (Å²) in [6.45, 7) is 4.98. The Morgan fingerprint density at radius 3 is 2.74 bits per heavy atom. The number of Topliss-reactive ketones (excluding diaryl/α,β-unsaturated/α-hetero) is 1. The summed E-state index contributed by atoms with van der Waals surface area (Å²) in [5.41, 5.74) is 0. The number of rotatable bonds is 9. The van der Waals surface area contributed by atoms with Crippen LogP contribution in [0.3, 0.4) is 0 Å². The second kappa shape index (κ2) is 8.39. The predicted molar refractivity (Wildman–Crippen MR) is 69.5 cm³/mol. The van der Waals surface area contributed by atoms with Crippen LogP contribution in [0.25, 0.3) is 0 Å². The van der Waals surface area contributed by atoms with E-state index in [-0.39, 0.29) is 24.6 Å². The normalized spacial score (nSPS) is 10.4. The Morgan fingerprint density at radius 1 is 1.26 bits per heavy atom. The highest BCUT2D eigenvalue weighted by Gasteiger charge is 2.10. The van der Waals surface area contributed by atoms with Crippen LogP contribution in [0.1, 0.15) is 45.4 Å². The molecule has 1 heterocycles. The third-order valence-electron chi connectivity index (χ3n) is 2.67. The minimum Gasteiger partial charge on any atom is -0.466 e. The lowest BCUT2D eigenvalue weighted by atomic mass is 10.1. The van der Waals surface area contributed by atoms with Crippen molar-refractivity contribution in [3.05, 3.63) is 12.2 Å². The zero-order valence-corrected chi connectivity index (χ0v) is 11.6. The molecule has 0 spiro atoms. The molecule has 0 aliphatic rings. The molecule has 106 valence electrons. The van der Waals surface area contributed by atoms with Gasteiger partial charge in [0.1, 0.15) is 17.9 Å². The molecule has 0 N–H and O–H groups in total. The van der Waals surface area contributed by atoms with Crippen LogP contribution in [0, 0.1) is 0 Å². The van der Waals surface area contributed by atoms with E-state index in [0.717, 1.165) is 18.8 Å². The first-order valence-electron chi connectivity index (χ1n) is 6.71. The molecule has 6 heteroatoms. The standard InChI is InChI=1S/C13H21N3O3/c1-3-9-16-12(14-10-15-16)7-5-11(17)6-8-13(18)19-4-2/h10H,3-9H2,1-2H3. The van der Waals surface area contributed by atoms with E-state index < -0.39 is 0 Å². The monoisotopic (exact) mass is 267 g/mol. The molecule has 0 fully saturated rings. The van der Waals surface area contributed by atoms with Crippen molar-refractivity contribution < 1.29 is 14.3 Å². The molecular formula is C13H21N3O3. The molecule has 0 bridgehead atoms. The lowest BCUT2D eigenvalue weighted by Crippen LogP contribution is -2.10. The highest BCUT2D eigenvalue weighted by Crippen LogP contribution is 2.04. The van der Waals surface area contributed by atoms with Gasteiger partial charge in [-0.1, -0.05) is 6.92 Å². The van der Waals surface area contributed by atoms with Gasteiger partial charge in [0.25, 0.3) is 0 Å². The van der Waals surface area contributed by atoms with Crippen LogP contribution in [0.5, 0.6) is 0 Å². The van der Waals surface area contributed by atoms with E-state index >= 15 is 0 Å². The van der Waals surface area contributed by atoms with Crippen LogP contribution in [0.15, 0.2) is 6.33 Å². The van der Waals surface area contributed by atoms with Crippen LogP contribution >= 0.6 is 0 Å². The van der Waals surface area contributed by atoms with Crippen LogP contribution < -0.4 is 0 Å². The summed E-state index contributed by atoms with van der Waals surface area (Å²) in [6, 6.07) is 0. The third-order valence-corrected chi connectivity index (χ3v) is 2.67. The van der Waals surface area contributed by atoms with E-state index in [4.69, 9.17) is 4.74 Å². The summed E-state index contributed by atoms with van der Waals surface area (Å²) in [4.78, 5) is 26.9. The molecule has 0 aliphatic heterocycles. The van der Waals surface area contributed by atoms with E-state index in [9.17, 15) is 9.59 Å². The smallest absolute Gasteiger partial charge is 0.306 e. The SMILES string of the molecule is CCCn1ncnc1CCC(=O)CCC(=O)OCC. The van der Waals surface area contributed by atoms with Crippen molar-refractivity contribution in [1.29, 1.82) is 0 Å². The van der Waals surface area contributed by atoms with Crippen LogP contribution in [-0.4, -0.2) is 33.1 Å². The van der Waals surface area contributed by atoms with E-state index in [1.807, 2.05) is 4.68 Å². The van der Waals surface area contributed by atoms with Gasteiger partial charge in [-0.2, -0.15) is 5.10 Å². The summed E-state index contributed by atoms with van der Waals surface area (Å²) in [5, 5.41) is 4.10. The quantitative estimate of drug-likeness (QED) is 0.634. The van der Waals surface area contributed by atoms with Gasteiger partial charge in [0.2, 0.25) is 0 Å². The summed E-state index contributed by atoms with van der Waals surface area (Å²) in [6.07, 6.45) is 3.85. The molecule has 0 saturated carbocycles. The number of hydrogen-bond acceptors (Lipinski definition) is 5. The number of hydrogen-bond donors (Lipinski definition) is 0. The Morgan fingerprint density at radius 2 is 2.05 bits per heavy atom. The van der Waals surface area contributed by atoms with E-state index in [1.165, 1.54) is 6.33 Å². The fourth-order valence-corrected chi connectivity index (χ4v) is 1.73. The van der Waals surface area contributed by atoms with Crippen LogP contribution in [-0.2, 0) is 27.3 Å². The lowest BCUT2D eigenvalue weighted by molar-refractivity contribution is -0.144. The first kappa shape index (κ1) is 15.3. The zero-order chi connectivity index (χ0) is 14.1. The minimum atomic E-state index is -0.315. The maximum absolute atomic E-state index is 11.7. The van der Waals surface area contributed by atoms with Gasteiger partial charge < -0.3 is 4.74 Å². The summed E-state index contributed by atoms with van der Waals surface area (Å²) < 4.78 is 6.59. The predicted octanol–water partition coefficient (Wildman–Crippen LogP) is 1.53. The highest BCUT2D eigenvalue weighted by atomic mass is 16.5. The van der Waals surface area contributed by atoms with Gasteiger partial charge in [-0.25, -0.2) is 4.98 Å². The Kier molecular flexibility index (Phi) is 6.78. The molecule has 0 saturated heterocycles. The summed E-state index contributed by atoms with van der Waals surface area (Å²) >= 11 is 0. The lowest BCUT2D eigenvalue weighted by Gasteiger charge is -2.04. The maximum Gasteiger partial charge on any atom is 0.306 e. The van der Waals surface area contributed by atoms with Crippen LogP contribution in [0.4, 0.5) is 0 Å². The summed E-state index contributed by atoms with van der Waals surface area (Å²) in [7, 11) is 0. The number of carbonyl (C=O) groups excluding carboxylic acids is 2. The third kappa shape index (κ3) is 5.63. The Labute approximate surface area is 113 Å². The highest BCUT2D eigenvalue weighted by molar-refractivity contribution is 5.82. The molecule has 0 aliphatic carbocycles. The number of ketones is 1. The van der Waals surface area contributed by atoms with Crippen molar-refractivity contribution in [2.24, 2.45) is 0 Å². The Bertz CT molecular complexity index is 415. The van der Waals surface area contributed by atoms with Crippen molar-refractivity contribution in [1.82, 2.24) is 14.8 Å². The largest absolute Gasteiger partial charge is 0.466 e. The van der Waals surface area contributed by atoms with Gasteiger partial charge in [-0.15, -0.1) is 0 Å². The fraction of sp³-hybridized carbons (Fsp3) is 0.692. The first-order chi connectivity index (χ1) is 9.17. The van der Waals surface area contributed by atoms with Gasteiger partial charge in [-0.05, 0) is 13.3 Å². The average Bonchev–Trinajstić information content (AvgIpc) is 2.82. The van der Waals surface area contributed by atoms with Crippen molar-refractivity contribution in [3.63, 3.8) is 0 Å². The number of esters is 1. The molecule has 19 heavy (non-hydrogen) atoms. The fourth-order valence-electron chi connectivity index (χ4n) is 1.73. The van der Waals surface area contributed by atoms with Gasteiger partial charge in [0.05, 0.1) is 13.0 Å². The number of aromatic nitrogens is 3. The van der Waals surface area contributed by atoms with E-state index in [2.05, 4.69) is 17.0 Å². The number of nitrogens with zero attached hydrogens (tertiary/aromatic N) is 3. The molecule has 0 unspecified atom stereocenters. The Hall–Kier alpha value is -1.72. The van der Waals surface area contributed by atoms with Crippen LogP contribution in [0.2, 0.25) is 0 Å².